The minimum absolute atomic E-state index is 0.0801. The smallest absolute Gasteiger partial charge is 0.336 e. The number of nitrogens with one attached hydrogen (secondary N) is 1. The van der Waals surface area contributed by atoms with Crippen LogP contribution < -0.4 is 5.32 Å². The molecular formula is C19H22N2O3. The monoisotopic (exact) mass is 326 g/mol. The summed E-state index contributed by atoms with van der Waals surface area (Å²) in [5.74, 6) is -0.763. The molecule has 2 heterocycles. The van der Waals surface area contributed by atoms with Gasteiger partial charge in [-0.25, -0.2) is 4.79 Å². The Morgan fingerprint density at radius 3 is 2.75 bits per heavy atom. The predicted molar refractivity (Wildman–Crippen MR) is 89.9 cm³/mol. The highest BCUT2D eigenvalue weighted by atomic mass is 16.5. The van der Waals surface area contributed by atoms with E-state index in [1.807, 2.05) is 19.1 Å². The van der Waals surface area contributed by atoms with Gasteiger partial charge in [-0.3, -0.25) is 9.78 Å². The molecule has 1 N–H and O–H groups in total. The van der Waals surface area contributed by atoms with E-state index in [1.54, 1.807) is 12.4 Å². The van der Waals surface area contributed by atoms with Gasteiger partial charge in [0, 0.05) is 41.7 Å². The fourth-order valence-electron chi connectivity index (χ4n) is 3.70. The van der Waals surface area contributed by atoms with Crippen LogP contribution >= 0.6 is 0 Å². The number of nitrogens with zero attached hydrogens (tertiary/aromatic N) is 1. The van der Waals surface area contributed by atoms with Gasteiger partial charge in [-0.15, -0.1) is 0 Å². The number of hydrogen-bond acceptors (Lipinski definition) is 5. The fraction of sp³-hybridized carbons (Fsp3) is 0.421. The van der Waals surface area contributed by atoms with Crippen LogP contribution in [0.4, 0.5) is 0 Å². The lowest BCUT2D eigenvalue weighted by Gasteiger charge is -2.39. The number of rotatable bonds is 2. The molecule has 3 rings (SSSR count). The van der Waals surface area contributed by atoms with Gasteiger partial charge in [0.15, 0.2) is 5.78 Å². The Bertz CT molecular complexity index is 760. The van der Waals surface area contributed by atoms with Gasteiger partial charge >= 0.3 is 5.97 Å². The van der Waals surface area contributed by atoms with Crippen LogP contribution in [0.3, 0.4) is 0 Å². The minimum Gasteiger partial charge on any atom is -0.466 e. The lowest BCUT2D eigenvalue weighted by Crippen LogP contribution is -2.38. The Labute approximate surface area is 141 Å². The summed E-state index contributed by atoms with van der Waals surface area (Å²) in [7, 11) is 1.36. The maximum Gasteiger partial charge on any atom is 0.336 e. The molecule has 0 aromatic carbocycles. The second-order valence-electron chi connectivity index (χ2n) is 7.21. The first-order valence-corrected chi connectivity index (χ1v) is 8.06. The summed E-state index contributed by atoms with van der Waals surface area (Å²) in [6.07, 6.45) is 4.64. The van der Waals surface area contributed by atoms with E-state index in [1.165, 1.54) is 7.11 Å². The molecule has 0 amide bonds. The van der Waals surface area contributed by atoms with Crippen LogP contribution in [0.5, 0.6) is 0 Å². The van der Waals surface area contributed by atoms with E-state index in [4.69, 9.17) is 4.74 Å². The third kappa shape index (κ3) is 2.75. The Hall–Kier alpha value is -2.43. The van der Waals surface area contributed by atoms with Gasteiger partial charge in [-0.05, 0) is 30.4 Å². The van der Waals surface area contributed by atoms with E-state index in [-0.39, 0.29) is 11.2 Å². The number of hydrogen-bond donors (Lipinski definition) is 1. The number of ether oxygens (including phenoxy) is 1. The largest absolute Gasteiger partial charge is 0.466 e. The first-order valence-electron chi connectivity index (χ1n) is 8.06. The molecule has 24 heavy (non-hydrogen) atoms. The van der Waals surface area contributed by atoms with Gasteiger partial charge in [-0.1, -0.05) is 19.9 Å². The normalized spacial score (nSPS) is 22.8. The minimum atomic E-state index is -0.425. The summed E-state index contributed by atoms with van der Waals surface area (Å²) in [5, 5.41) is 3.29. The molecule has 1 aromatic rings. The molecule has 1 atom stereocenters. The van der Waals surface area contributed by atoms with E-state index in [9.17, 15) is 9.59 Å². The van der Waals surface area contributed by atoms with E-state index in [0.29, 0.717) is 17.6 Å². The molecule has 0 saturated carbocycles. The second kappa shape index (κ2) is 5.89. The highest BCUT2D eigenvalue weighted by Crippen LogP contribution is 2.46. The molecule has 0 radical (unpaired) electrons. The van der Waals surface area contributed by atoms with Gasteiger partial charge in [0.25, 0.3) is 0 Å². The zero-order valence-corrected chi connectivity index (χ0v) is 14.5. The number of Topliss-reactive ketones (excluding diaryl/α,β-unsaturated/α-hetero) is 1. The van der Waals surface area contributed by atoms with Gasteiger partial charge < -0.3 is 10.1 Å². The van der Waals surface area contributed by atoms with Crippen molar-refractivity contribution in [1.82, 2.24) is 10.3 Å². The van der Waals surface area contributed by atoms with E-state index in [0.717, 1.165) is 23.4 Å². The molecule has 5 heteroatoms. The van der Waals surface area contributed by atoms with Crippen molar-refractivity contribution in [3.05, 3.63) is 52.6 Å². The van der Waals surface area contributed by atoms with Crippen molar-refractivity contribution in [3.8, 4) is 0 Å². The summed E-state index contributed by atoms with van der Waals surface area (Å²) in [6, 6.07) is 3.72. The number of esters is 1. The molecular weight excluding hydrogens is 304 g/mol. The van der Waals surface area contributed by atoms with Crippen LogP contribution in [-0.4, -0.2) is 23.8 Å². The highest BCUT2D eigenvalue weighted by molar-refractivity contribution is 6.04. The summed E-state index contributed by atoms with van der Waals surface area (Å²) in [5.41, 5.74) is 3.55. The third-order valence-electron chi connectivity index (χ3n) is 4.66. The molecule has 1 aliphatic carbocycles. The summed E-state index contributed by atoms with van der Waals surface area (Å²) in [4.78, 5) is 29.5. The molecule has 126 valence electrons. The maximum absolute atomic E-state index is 12.9. The number of allylic oxidation sites excluding steroid dienone is 3. The zero-order chi connectivity index (χ0) is 17.5. The molecule has 5 nitrogen and oxygen atoms in total. The summed E-state index contributed by atoms with van der Waals surface area (Å²) in [6.45, 7) is 6.03. The first kappa shape index (κ1) is 16.4. The number of pyridine rings is 1. The van der Waals surface area contributed by atoms with Crippen molar-refractivity contribution in [2.45, 2.75) is 39.5 Å². The Morgan fingerprint density at radius 1 is 1.38 bits per heavy atom. The molecule has 1 aliphatic heterocycles. The SMILES string of the molecule is COC(=O)C1=C(C)NC2=C(C(=O)CC(C)(C)C2)[C@H]1c1cccnc1. The third-order valence-corrected chi connectivity index (χ3v) is 4.66. The average Bonchev–Trinajstić information content (AvgIpc) is 2.52. The van der Waals surface area contributed by atoms with Gasteiger partial charge in [-0.2, -0.15) is 0 Å². The number of aromatic nitrogens is 1. The Balaban J connectivity index is 2.19. The standard InChI is InChI=1S/C19H22N2O3/c1-11-15(18(23)24-4)16(12-6-5-7-20-10-12)17-13(21-11)8-19(2,3)9-14(17)22/h5-7,10,16,21H,8-9H2,1-4H3/t16-/m0/s1. The van der Waals surface area contributed by atoms with Crippen LogP contribution in [-0.2, 0) is 14.3 Å². The van der Waals surface area contributed by atoms with Crippen molar-refractivity contribution in [2.24, 2.45) is 5.41 Å². The molecule has 0 unspecified atom stereocenters. The predicted octanol–water partition coefficient (Wildman–Crippen LogP) is 2.86. The highest BCUT2D eigenvalue weighted by Gasteiger charge is 2.42. The molecule has 0 spiro atoms. The number of dihydropyridines is 1. The number of ketones is 1. The van der Waals surface area contributed by atoms with Crippen molar-refractivity contribution in [2.75, 3.05) is 7.11 Å². The summed E-state index contributed by atoms with van der Waals surface area (Å²) < 4.78 is 4.98. The Kier molecular flexibility index (Phi) is 4.03. The fourth-order valence-corrected chi connectivity index (χ4v) is 3.70. The first-order chi connectivity index (χ1) is 11.3. The van der Waals surface area contributed by atoms with Gasteiger partial charge in [0.1, 0.15) is 0 Å². The topological polar surface area (TPSA) is 68.3 Å². The molecule has 1 aromatic heterocycles. The zero-order valence-electron chi connectivity index (χ0n) is 14.5. The Morgan fingerprint density at radius 2 is 2.12 bits per heavy atom. The van der Waals surface area contributed by atoms with Crippen molar-refractivity contribution < 1.29 is 14.3 Å². The number of carbonyl (C=O) groups is 2. The van der Waals surface area contributed by atoms with Crippen LogP contribution in [0.25, 0.3) is 0 Å². The van der Waals surface area contributed by atoms with E-state index in [2.05, 4.69) is 24.1 Å². The van der Waals surface area contributed by atoms with Gasteiger partial charge in [0.2, 0.25) is 0 Å². The lowest BCUT2D eigenvalue weighted by atomic mass is 9.69. The molecule has 2 aliphatic rings. The van der Waals surface area contributed by atoms with Crippen LogP contribution in [0, 0.1) is 5.41 Å². The second-order valence-corrected chi connectivity index (χ2v) is 7.21. The maximum atomic E-state index is 12.9. The number of carbonyl (C=O) groups excluding carboxylic acids is 2. The molecule has 0 fully saturated rings. The quantitative estimate of drug-likeness (QED) is 0.847. The van der Waals surface area contributed by atoms with Crippen LogP contribution in [0.2, 0.25) is 0 Å². The van der Waals surface area contributed by atoms with Crippen molar-refractivity contribution >= 4 is 11.8 Å². The average molecular weight is 326 g/mol. The van der Waals surface area contributed by atoms with Crippen LogP contribution in [0.15, 0.2) is 47.1 Å². The van der Waals surface area contributed by atoms with Crippen molar-refractivity contribution in [3.63, 3.8) is 0 Å². The number of methoxy groups -OCH3 is 1. The van der Waals surface area contributed by atoms with E-state index >= 15 is 0 Å². The van der Waals surface area contributed by atoms with E-state index < -0.39 is 11.9 Å². The van der Waals surface area contributed by atoms with Crippen molar-refractivity contribution in [1.29, 1.82) is 0 Å². The molecule has 0 saturated heterocycles. The summed E-state index contributed by atoms with van der Waals surface area (Å²) >= 11 is 0. The lowest BCUT2D eigenvalue weighted by molar-refractivity contribution is -0.136. The molecule has 0 bridgehead atoms. The van der Waals surface area contributed by atoms with Gasteiger partial charge in [0.05, 0.1) is 12.7 Å². The van der Waals surface area contributed by atoms with Crippen LogP contribution in [0.1, 0.15) is 45.1 Å².